The van der Waals surface area contributed by atoms with Crippen LogP contribution in [0.5, 0.6) is 5.75 Å². The van der Waals surface area contributed by atoms with Crippen molar-refractivity contribution in [3.63, 3.8) is 0 Å². The molecule has 6 nitrogen and oxygen atoms in total. The second-order valence-electron chi connectivity index (χ2n) is 8.27. The van der Waals surface area contributed by atoms with Gasteiger partial charge in [-0.15, -0.1) is 0 Å². The Morgan fingerprint density at radius 3 is 2.47 bits per heavy atom. The van der Waals surface area contributed by atoms with E-state index in [9.17, 15) is 4.79 Å². The fourth-order valence-corrected chi connectivity index (χ4v) is 3.90. The van der Waals surface area contributed by atoms with Gasteiger partial charge in [-0.1, -0.05) is 18.2 Å². The summed E-state index contributed by atoms with van der Waals surface area (Å²) < 4.78 is 14.1. The van der Waals surface area contributed by atoms with Crippen LogP contribution in [0.15, 0.2) is 73.2 Å². The van der Waals surface area contributed by atoms with Gasteiger partial charge in [0.25, 0.3) is 0 Å². The van der Waals surface area contributed by atoms with Gasteiger partial charge < -0.3 is 13.9 Å². The number of carbonyl (C=O) groups is 1. The summed E-state index contributed by atoms with van der Waals surface area (Å²) in [6.45, 7) is 5.98. The summed E-state index contributed by atoms with van der Waals surface area (Å²) in [6.07, 6.45) is 5.38. The van der Waals surface area contributed by atoms with Crippen molar-refractivity contribution in [3.8, 4) is 5.75 Å². The van der Waals surface area contributed by atoms with Crippen LogP contribution < -0.4 is 4.74 Å². The minimum Gasteiger partial charge on any atom is -0.487 e. The molecule has 0 radical (unpaired) electrons. The Bertz CT molecular complexity index is 1340. The number of aryl methyl sites for hydroxylation is 1. The van der Waals surface area contributed by atoms with Gasteiger partial charge in [0.2, 0.25) is 5.78 Å². The molecule has 0 atom stereocenters. The van der Waals surface area contributed by atoms with Crippen molar-refractivity contribution >= 4 is 22.8 Å². The number of imidazole rings is 1. The maximum absolute atomic E-state index is 13.1. The average Bonchev–Trinajstić information content (AvgIpc) is 3.26. The molecule has 6 heteroatoms. The molecule has 0 saturated heterocycles. The van der Waals surface area contributed by atoms with E-state index in [-0.39, 0.29) is 5.78 Å². The Balaban J connectivity index is 1.41. The Morgan fingerprint density at radius 1 is 1.00 bits per heavy atom. The van der Waals surface area contributed by atoms with E-state index in [1.165, 1.54) is 0 Å². The van der Waals surface area contributed by atoms with Gasteiger partial charge in [-0.25, -0.2) is 4.98 Å². The van der Waals surface area contributed by atoms with Gasteiger partial charge in [-0.2, -0.15) is 0 Å². The van der Waals surface area contributed by atoms with E-state index in [0.717, 1.165) is 28.2 Å². The number of hydrogen-bond acceptors (Lipinski definition) is 5. The topological polar surface area (TPSA) is 65.7 Å². The molecule has 0 spiro atoms. The lowest BCUT2D eigenvalue weighted by molar-refractivity contribution is -0.125. The second-order valence-corrected chi connectivity index (χ2v) is 8.27. The zero-order valence-corrected chi connectivity index (χ0v) is 18.2. The summed E-state index contributed by atoms with van der Waals surface area (Å²) in [4.78, 5) is 21.8. The van der Waals surface area contributed by atoms with Crippen molar-refractivity contribution in [2.24, 2.45) is 0 Å². The summed E-state index contributed by atoms with van der Waals surface area (Å²) >= 11 is 0. The lowest BCUT2D eigenvalue weighted by Crippen LogP contribution is -2.29. The lowest BCUT2D eigenvalue weighted by Gasteiger charge is -2.17. The molecule has 0 fully saturated rings. The van der Waals surface area contributed by atoms with Crippen molar-refractivity contribution in [2.45, 2.75) is 33.0 Å². The molecule has 160 valence electrons. The third-order valence-electron chi connectivity index (χ3n) is 5.69. The van der Waals surface area contributed by atoms with E-state index in [1.807, 2.05) is 72.1 Å². The van der Waals surface area contributed by atoms with E-state index in [0.29, 0.717) is 23.7 Å². The van der Waals surface area contributed by atoms with E-state index < -0.39 is 5.60 Å². The molecular weight excluding hydrogens is 402 g/mol. The molecular formula is C26H23N3O3. The van der Waals surface area contributed by atoms with Crippen LogP contribution in [0.2, 0.25) is 0 Å². The summed E-state index contributed by atoms with van der Waals surface area (Å²) in [6, 6.07) is 17.1. The molecule has 1 aliphatic heterocycles. The monoisotopic (exact) mass is 425 g/mol. The number of carbonyl (C=O) groups excluding carboxylic acids is 1. The van der Waals surface area contributed by atoms with Crippen molar-refractivity contribution in [2.75, 3.05) is 0 Å². The highest BCUT2D eigenvalue weighted by Crippen LogP contribution is 2.41. The number of pyridine rings is 2. The van der Waals surface area contributed by atoms with E-state index in [1.54, 1.807) is 26.2 Å². The summed E-state index contributed by atoms with van der Waals surface area (Å²) in [5.41, 5.74) is 4.13. The largest absolute Gasteiger partial charge is 0.487 e. The molecule has 0 unspecified atom stereocenters. The van der Waals surface area contributed by atoms with E-state index >= 15 is 0 Å². The molecule has 0 N–H and O–H groups in total. The number of ether oxygens (including phenoxy) is 2. The molecule has 0 saturated carbocycles. The Hall–Kier alpha value is -3.93. The van der Waals surface area contributed by atoms with Crippen LogP contribution in [0.25, 0.3) is 17.0 Å². The first-order valence-electron chi connectivity index (χ1n) is 10.5. The normalized spacial score (nSPS) is 15.3. The van der Waals surface area contributed by atoms with Gasteiger partial charge in [0.15, 0.2) is 5.60 Å². The lowest BCUT2D eigenvalue weighted by atomic mass is 9.93. The zero-order valence-electron chi connectivity index (χ0n) is 18.2. The molecule has 3 aromatic heterocycles. The Kier molecular flexibility index (Phi) is 4.78. The van der Waals surface area contributed by atoms with Crippen LogP contribution in [0.3, 0.4) is 0 Å². The van der Waals surface area contributed by atoms with Gasteiger partial charge in [0.1, 0.15) is 23.8 Å². The van der Waals surface area contributed by atoms with Crippen LogP contribution in [0.4, 0.5) is 0 Å². The number of rotatable bonds is 5. The van der Waals surface area contributed by atoms with Crippen LogP contribution >= 0.6 is 0 Å². The minimum absolute atomic E-state index is 0.0432. The summed E-state index contributed by atoms with van der Waals surface area (Å²) in [5.74, 6) is 1.25. The molecule has 0 amide bonds. The van der Waals surface area contributed by atoms with Crippen LogP contribution in [0.1, 0.15) is 36.4 Å². The van der Waals surface area contributed by atoms with Crippen molar-refractivity contribution in [1.29, 1.82) is 0 Å². The van der Waals surface area contributed by atoms with Gasteiger partial charge in [-0.05, 0) is 62.7 Å². The van der Waals surface area contributed by atoms with E-state index in [4.69, 9.17) is 9.47 Å². The average molecular weight is 425 g/mol. The molecule has 0 aliphatic carbocycles. The SMILES string of the molecule is Cc1c(COc2ccc(C3=C(c4ccncc4)OC(C)(C)C3=O)cc2)nc2ccccn12. The number of fused-ring (bicyclic) bond motifs is 1. The number of hydrogen-bond donors (Lipinski definition) is 0. The Morgan fingerprint density at radius 2 is 1.75 bits per heavy atom. The molecule has 1 aliphatic rings. The van der Waals surface area contributed by atoms with Gasteiger partial charge in [0.05, 0.1) is 11.3 Å². The second kappa shape index (κ2) is 7.64. The highest BCUT2D eigenvalue weighted by molar-refractivity contribution is 6.32. The first-order valence-corrected chi connectivity index (χ1v) is 10.5. The van der Waals surface area contributed by atoms with Crippen molar-refractivity contribution in [3.05, 3.63) is 95.7 Å². The number of ketones is 1. The molecule has 5 rings (SSSR count). The quantitative estimate of drug-likeness (QED) is 0.457. The number of Topliss-reactive ketones (excluding diaryl/α,β-unsaturated/α-hetero) is 1. The fraction of sp³-hybridized carbons (Fsp3) is 0.192. The molecule has 1 aromatic carbocycles. The molecule has 32 heavy (non-hydrogen) atoms. The highest BCUT2D eigenvalue weighted by Gasteiger charge is 2.42. The van der Waals surface area contributed by atoms with Crippen LogP contribution in [-0.4, -0.2) is 25.8 Å². The fourth-order valence-electron chi connectivity index (χ4n) is 3.90. The van der Waals surface area contributed by atoms with Crippen molar-refractivity contribution in [1.82, 2.24) is 14.4 Å². The van der Waals surface area contributed by atoms with Crippen LogP contribution in [0, 0.1) is 6.92 Å². The smallest absolute Gasteiger partial charge is 0.210 e. The predicted octanol–water partition coefficient (Wildman–Crippen LogP) is 4.86. The maximum Gasteiger partial charge on any atom is 0.210 e. The first-order chi connectivity index (χ1) is 15.4. The molecule has 4 heterocycles. The van der Waals surface area contributed by atoms with Gasteiger partial charge >= 0.3 is 0 Å². The maximum atomic E-state index is 13.1. The third-order valence-corrected chi connectivity index (χ3v) is 5.69. The third kappa shape index (κ3) is 3.43. The van der Waals surface area contributed by atoms with E-state index in [2.05, 4.69) is 9.97 Å². The van der Waals surface area contributed by atoms with Crippen LogP contribution in [-0.2, 0) is 16.1 Å². The number of nitrogens with zero attached hydrogens (tertiary/aromatic N) is 3. The number of aromatic nitrogens is 3. The summed E-state index contributed by atoms with van der Waals surface area (Å²) in [5, 5.41) is 0. The first kappa shape index (κ1) is 20.0. The molecule has 4 aromatic rings. The zero-order chi connectivity index (χ0) is 22.3. The molecule has 0 bridgehead atoms. The number of benzene rings is 1. The van der Waals surface area contributed by atoms with Gasteiger partial charge in [-0.3, -0.25) is 9.78 Å². The standard InChI is InChI=1S/C26H23N3O3/c1-17-21(28-22-6-4-5-15-29(17)22)16-31-20-9-7-18(8-10-20)23-24(19-11-13-27-14-12-19)32-26(2,3)25(23)30/h4-15H,16H2,1-3H3. The summed E-state index contributed by atoms with van der Waals surface area (Å²) in [7, 11) is 0. The van der Waals surface area contributed by atoms with Gasteiger partial charge in [0, 0.05) is 29.8 Å². The highest BCUT2D eigenvalue weighted by atomic mass is 16.5. The predicted molar refractivity (Wildman–Crippen MR) is 122 cm³/mol. The Labute approximate surface area is 186 Å². The minimum atomic E-state index is -0.913. The van der Waals surface area contributed by atoms with Crippen molar-refractivity contribution < 1.29 is 14.3 Å².